The quantitative estimate of drug-likeness (QED) is 0.647. The number of nitrogens with one attached hydrogen (secondary N) is 1. The van der Waals surface area contributed by atoms with Crippen molar-refractivity contribution in [2.75, 3.05) is 18.8 Å². The minimum atomic E-state index is -3.72. The van der Waals surface area contributed by atoms with Gasteiger partial charge in [0.25, 0.3) is 0 Å². The zero-order chi connectivity index (χ0) is 13.9. The van der Waals surface area contributed by atoms with Crippen LogP contribution in [0, 0.1) is 16.0 Å². The smallest absolute Gasteiger partial charge is 0.306 e. The molecule has 0 saturated carbocycles. The Bertz CT molecular complexity index is 567. The molecule has 104 valence electrons. The number of sulfone groups is 1. The van der Waals surface area contributed by atoms with Crippen LogP contribution in [0.25, 0.3) is 0 Å². The fourth-order valence-corrected chi connectivity index (χ4v) is 3.99. The number of aromatic nitrogens is 1. The molecule has 1 saturated heterocycles. The van der Waals surface area contributed by atoms with E-state index >= 15 is 0 Å². The number of pyridine rings is 1. The summed E-state index contributed by atoms with van der Waals surface area (Å²) in [6.45, 7) is 1.56. The second kappa shape index (κ2) is 5.62. The summed E-state index contributed by atoms with van der Waals surface area (Å²) in [5.41, 5.74) is -0.448. The van der Waals surface area contributed by atoms with Gasteiger partial charge >= 0.3 is 5.69 Å². The summed E-state index contributed by atoms with van der Waals surface area (Å²) in [4.78, 5) is 13.8. The number of nitrogens with zero attached hydrogens (tertiary/aromatic N) is 2. The van der Waals surface area contributed by atoms with Crippen LogP contribution in [0.3, 0.4) is 0 Å². The molecule has 0 aliphatic carbocycles. The first-order valence-corrected chi connectivity index (χ1v) is 7.69. The summed E-state index contributed by atoms with van der Waals surface area (Å²) in [6.07, 6.45) is 2.79. The maximum atomic E-state index is 12.2. The molecule has 0 unspecified atom stereocenters. The third-order valence-electron chi connectivity index (χ3n) is 3.16. The highest BCUT2D eigenvalue weighted by Gasteiger charge is 2.30. The minimum Gasteiger partial charge on any atom is -0.317 e. The second-order valence-corrected chi connectivity index (χ2v) is 6.51. The van der Waals surface area contributed by atoms with E-state index in [0.29, 0.717) is 0 Å². The second-order valence-electron chi connectivity index (χ2n) is 4.56. The van der Waals surface area contributed by atoms with Crippen LogP contribution in [-0.2, 0) is 9.84 Å². The molecule has 0 spiro atoms. The average molecular weight is 285 g/mol. The topological polar surface area (TPSA) is 102 Å². The van der Waals surface area contributed by atoms with Gasteiger partial charge in [0.1, 0.15) is 0 Å². The van der Waals surface area contributed by atoms with Gasteiger partial charge in [-0.05, 0) is 37.9 Å². The fourth-order valence-electron chi connectivity index (χ4n) is 2.20. The summed E-state index contributed by atoms with van der Waals surface area (Å²) >= 11 is 0. The molecule has 2 rings (SSSR count). The summed E-state index contributed by atoms with van der Waals surface area (Å²) < 4.78 is 24.5. The van der Waals surface area contributed by atoms with Crippen LogP contribution < -0.4 is 5.32 Å². The molecule has 0 atom stereocenters. The van der Waals surface area contributed by atoms with E-state index in [4.69, 9.17) is 0 Å². The van der Waals surface area contributed by atoms with Gasteiger partial charge in [0, 0.05) is 12.3 Å². The average Bonchev–Trinajstić information content (AvgIpc) is 2.39. The van der Waals surface area contributed by atoms with Crippen molar-refractivity contribution in [3.05, 3.63) is 28.4 Å². The van der Waals surface area contributed by atoms with Crippen molar-refractivity contribution in [3.8, 4) is 0 Å². The molecule has 0 bridgehead atoms. The molecule has 19 heavy (non-hydrogen) atoms. The van der Waals surface area contributed by atoms with Crippen LogP contribution in [0.4, 0.5) is 5.69 Å². The maximum Gasteiger partial charge on any atom is 0.306 e. The molecule has 0 amide bonds. The van der Waals surface area contributed by atoms with E-state index in [0.717, 1.165) is 25.9 Å². The van der Waals surface area contributed by atoms with Gasteiger partial charge in [-0.15, -0.1) is 0 Å². The van der Waals surface area contributed by atoms with Gasteiger partial charge in [0.05, 0.1) is 10.7 Å². The van der Waals surface area contributed by atoms with E-state index in [9.17, 15) is 18.5 Å². The number of hydrogen-bond donors (Lipinski definition) is 1. The van der Waals surface area contributed by atoms with Crippen LogP contribution in [0.1, 0.15) is 12.8 Å². The standard InChI is InChI=1S/C11H15N3O4S/c15-14(16)10-2-1-5-13-11(10)19(17,18)8-9-3-6-12-7-4-9/h1-2,5,9,12H,3-4,6-8H2. The molecule has 0 radical (unpaired) electrons. The highest BCUT2D eigenvalue weighted by molar-refractivity contribution is 7.91. The van der Waals surface area contributed by atoms with Crippen LogP contribution in [0.5, 0.6) is 0 Å². The van der Waals surface area contributed by atoms with Crippen molar-refractivity contribution in [3.63, 3.8) is 0 Å². The highest BCUT2D eigenvalue weighted by Crippen LogP contribution is 2.25. The summed E-state index contributed by atoms with van der Waals surface area (Å²) in [7, 11) is -3.72. The van der Waals surface area contributed by atoms with Crippen molar-refractivity contribution >= 4 is 15.5 Å². The Morgan fingerprint density at radius 2 is 2.11 bits per heavy atom. The zero-order valence-corrected chi connectivity index (χ0v) is 11.1. The lowest BCUT2D eigenvalue weighted by Crippen LogP contribution is -2.31. The van der Waals surface area contributed by atoms with Crippen molar-refractivity contribution in [1.82, 2.24) is 10.3 Å². The third-order valence-corrected chi connectivity index (χ3v) is 4.97. The Morgan fingerprint density at radius 3 is 2.74 bits per heavy atom. The minimum absolute atomic E-state index is 0.0351. The van der Waals surface area contributed by atoms with Crippen LogP contribution >= 0.6 is 0 Å². The SMILES string of the molecule is O=[N+]([O-])c1cccnc1S(=O)(=O)CC1CCNCC1. The van der Waals surface area contributed by atoms with Crippen LogP contribution in [-0.4, -0.2) is 37.2 Å². The third kappa shape index (κ3) is 3.27. The van der Waals surface area contributed by atoms with E-state index in [-0.39, 0.29) is 11.7 Å². The molecule has 1 aliphatic rings. The molecule has 1 fully saturated rings. The molecule has 1 aromatic rings. The predicted octanol–water partition coefficient (Wildman–Crippen LogP) is 0.763. The van der Waals surface area contributed by atoms with Gasteiger partial charge in [-0.3, -0.25) is 10.1 Å². The lowest BCUT2D eigenvalue weighted by molar-refractivity contribution is -0.388. The van der Waals surface area contributed by atoms with Crippen molar-refractivity contribution < 1.29 is 13.3 Å². The van der Waals surface area contributed by atoms with Gasteiger partial charge in [0.15, 0.2) is 0 Å². The number of piperidine rings is 1. The molecule has 7 nitrogen and oxygen atoms in total. The Balaban J connectivity index is 2.26. The van der Waals surface area contributed by atoms with E-state index < -0.39 is 25.5 Å². The van der Waals surface area contributed by atoms with Crippen molar-refractivity contribution in [1.29, 1.82) is 0 Å². The molecule has 1 aromatic heterocycles. The summed E-state index contributed by atoms with van der Waals surface area (Å²) in [6, 6.07) is 2.53. The Morgan fingerprint density at radius 1 is 1.42 bits per heavy atom. The van der Waals surface area contributed by atoms with Gasteiger partial charge < -0.3 is 5.32 Å². The first-order valence-electron chi connectivity index (χ1n) is 6.03. The molecule has 8 heteroatoms. The fraction of sp³-hybridized carbons (Fsp3) is 0.545. The molecular weight excluding hydrogens is 270 g/mol. The van der Waals surface area contributed by atoms with Crippen molar-refractivity contribution in [2.45, 2.75) is 17.9 Å². The van der Waals surface area contributed by atoms with Gasteiger partial charge in [-0.2, -0.15) is 0 Å². The van der Waals surface area contributed by atoms with E-state index in [1.807, 2.05) is 0 Å². The Labute approximate surface area is 111 Å². The highest BCUT2D eigenvalue weighted by atomic mass is 32.2. The summed E-state index contributed by atoms with van der Waals surface area (Å²) in [5.74, 6) is -0.0418. The molecule has 0 aromatic carbocycles. The van der Waals surface area contributed by atoms with Gasteiger partial charge in [0.2, 0.25) is 14.9 Å². The monoisotopic (exact) mass is 285 g/mol. The van der Waals surface area contributed by atoms with Gasteiger partial charge in [-0.25, -0.2) is 13.4 Å². The van der Waals surface area contributed by atoms with E-state index in [2.05, 4.69) is 10.3 Å². The van der Waals surface area contributed by atoms with E-state index in [1.165, 1.54) is 18.3 Å². The summed E-state index contributed by atoms with van der Waals surface area (Å²) in [5, 5.41) is 13.6. The predicted molar refractivity (Wildman–Crippen MR) is 68.5 cm³/mol. The Hall–Kier alpha value is -1.54. The van der Waals surface area contributed by atoms with Crippen LogP contribution in [0.2, 0.25) is 0 Å². The number of nitro groups is 1. The van der Waals surface area contributed by atoms with Crippen molar-refractivity contribution in [2.24, 2.45) is 5.92 Å². The number of hydrogen-bond acceptors (Lipinski definition) is 6. The lowest BCUT2D eigenvalue weighted by Gasteiger charge is -2.21. The largest absolute Gasteiger partial charge is 0.317 e. The maximum absolute atomic E-state index is 12.2. The normalized spacial score (nSPS) is 17.3. The first kappa shape index (κ1) is 13.9. The first-order chi connectivity index (χ1) is 9.00. The molecule has 1 N–H and O–H groups in total. The number of rotatable bonds is 4. The Kier molecular flexibility index (Phi) is 4.11. The van der Waals surface area contributed by atoms with Crippen LogP contribution in [0.15, 0.2) is 23.4 Å². The molecule has 2 heterocycles. The lowest BCUT2D eigenvalue weighted by atomic mass is 10.0. The molecular formula is C11H15N3O4S. The molecule has 1 aliphatic heterocycles. The van der Waals surface area contributed by atoms with E-state index in [1.54, 1.807) is 0 Å². The van der Waals surface area contributed by atoms with Gasteiger partial charge in [-0.1, -0.05) is 0 Å². The zero-order valence-electron chi connectivity index (χ0n) is 10.3.